The number of carbonyl (C=O) groups excluding carboxylic acids is 1. The van der Waals surface area contributed by atoms with Crippen molar-refractivity contribution in [1.29, 1.82) is 0 Å². The molecule has 0 aliphatic rings. The first-order valence-electron chi connectivity index (χ1n) is 7.54. The average Bonchev–Trinajstić information content (AvgIpc) is 2.91. The first kappa shape index (κ1) is 16.3. The smallest absolute Gasteiger partial charge is 0.312 e. The molecule has 4 nitrogen and oxygen atoms in total. The van der Waals surface area contributed by atoms with E-state index in [1.54, 1.807) is 6.20 Å². The van der Waals surface area contributed by atoms with Crippen LogP contribution in [-0.4, -0.2) is 15.5 Å². The van der Waals surface area contributed by atoms with Crippen molar-refractivity contribution in [3.63, 3.8) is 0 Å². The number of carbonyl (C=O) groups is 1. The number of hydrogen-bond donors (Lipinski definition) is 0. The topological polar surface area (TPSA) is 44.1 Å². The molecule has 2 aromatic rings. The van der Waals surface area contributed by atoms with Gasteiger partial charge in [0.05, 0.1) is 5.41 Å². The molecule has 4 heteroatoms. The van der Waals surface area contributed by atoms with Gasteiger partial charge in [-0.2, -0.15) is 0 Å². The summed E-state index contributed by atoms with van der Waals surface area (Å²) in [5.41, 5.74) is 1.93. The predicted octanol–water partition coefficient (Wildman–Crippen LogP) is 3.89. The molecule has 1 unspecified atom stereocenters. The molecule has 0 aliphatic heterocycles. The summed E-state index contributed by atoms with van der Waals surface area (Å²) in [4.78, 5) is 16.3. The Morgan fingerprint density at radius 1 is 1.36 bits per heavy atom. The van der Waals surface area contributed by atoms with Crippen molar-refractivity contribution in [3.8, 4) is 0 Å². The van der Waals surface area contributed by atoms with Gasteiger partial charge >= 0.3 is 5.97 Å². The SMILES string of the molecule is Cc1cccc(C(C)c2nccn2COC(=O)C(C)(C)C)c1. The summed E-state index contributed by atoms with van der Waals surface area (Å²) >= 11 is 0. The molecule has 0 radical (unpaired) electrons. The number of imidazole rings is 1. The highest BCUT2D eigenvalue weighted by molar-refractivity contribution is 5.75. The fraction of sp³-hybridized carbons (Fsp3) is 0.444. The zero-order valence-corrected chi connectivity index (χ0v) is 14.0. The molecular formula is C18H24N2O2. The summed E-state index contributed by atoms with van der Waals surface area (Å²) in [5.74, 6) is 0.825. The first-order valence-corrected chi connectivity index (χ1v) is 7.54. The number of esters is 1. The molecule has 0 N–H and O–H groups in total. The van der Waals surface area contributed by atoms with Crippen LogP contribution < -0.4 is 0 Å². The summed E-state index contributed by atoms with van der Waals surface area (Å²) in [6.45, 7) is 9.92. The van der Waals surface area contributed by atoms with Crippen LogP contribution in [0.25, 0.3) is 0 Å². The fourth-order valence-electron chi connectivity index (χ4n) is 2.24. The van der Waals surface area contributed by atoms with E-state index in [4.69, 9.17) is 4.74 Å². The highest BCUT2D eigenvalue weighted by Gasteiger charge is 2.23. The van der Waals surface area contributed by atoms with Crippen molar-refractivity contribution >= 4 is 5.97 Å². The molecule has 0 aliphatic carbocycles. The average molecular weight is 300 g/mol. The van der Waals surface area contributed by atoms with Crippen LogP contribution in [0.5, 0.6) is 0 Å². The van der Waals surface area contributed by atoms with Crippen molar-refractivity contribution in [2.45, 2.75) is 47.3 Å². The molecule has 22 heavy (non-hydrogen) atoms. The van der Waals surface area contributed by atoms with Gasteiger partial charge in [-0.25, -0.2) is 4.98 Å². The van der Waals surface area contributed by atoms with Gasteiger partial charge < -0.3 is 9.30 Å². The van der Waals surface area contributed by atoms with Gasteiger partial charge in [-0.1, -0.05) is 36.8 Å². The van der Waals surface area contributed by atoms with Crippen LogP contribution in [0, 0.1) is 12.3 Å². The number of aryl methyl sites for hydroxylation is 1. The van der Waals surface area contributed by atoms with Crippen molar-refractivity contribution in [2.24, 2.45) is 5.41 Å². The van der Waals surface area contributed by atoms with Crippen molar-refractivity contribution < 1.29 is 9.53 Å². The number of nitrogens with zero attached hydrogens (tertiary/aromatic N) is 2. The molecule has 1 atom stereocenters. The molecule has 0 amide bonds. The Bertz CT molecular complexity index is 653. The third-order valence-electron chi connectivity index (χ3n) is 3.62. The fourth-order valence-corrected chi connectivity index (χ4v) is 2.24. The number of rotatable bonds is 4. The minimum atomic E-state index is -0.497. The lowest BCUT2D eigenvalue weighted by Gasteiger charge is -2.19. The number of benzene rings is 1. The van der Waals surface area contributed by atoms with Gasteiger partial charge in [-0.15, -0.1) is 0 Å². The standard InChI is InChI=1S/C18H24N2O2/c1-13-7-6-8-15(11-13)14(2)16-19-9-10-20(16)12-22-17(21)18(3,4)5/h6-11,14H,12H2,1-5H3. The molecule has 2 rings (SSSR count). The van der Waals surface area contributed by atoms with Crippen molar-refractivity contribution in [1.82, 2.24) is 9.55 Å². The molecule has 118 valence electrons. The van der Waals surface area contributed by atoms with E-state index >= 15 is 0 Å². The van der Waals surface area contributed by atoms with Crippen LogP contribution in [0.2, 0.25) is 0 Å². The van der Waals surface area contributed by atoms with Gasteiger partial charge in [0.2, 0.25) is 0 Å². The molecular weight excluding hydrogens is 276 g/mol. The Balaban J connectivity index is 2.14. The second-order valence-corrected chi connectivity index (χ2v) is 6.70. The lowest BCUT2D eigenvalue weighted by atomic mass is 9.97. The summed E-state index contributed by atoms with van der Waals surface area (Å²) in [7, 11) is 0. The summed E-state index contributed by atoms with van der Waals surface area (Å²) in [5, 5.41) is 0. The second-order valence-electron chi connectivity index (χ2n) is 6.70. The minimum Gasteiger partial charge on any atom is -0.443 e. The molecule has 1 aromatic heterocycles. The van der Waals surface area contributed by atoms with E-state index < -0.39 is 5.41 Å². The van der Waals surface area contributed by atoms with Gasteiger partial charge in [-0.05, 0) is 33.3 Å². The summed E-state index contributed by atoms with van der Waals surface area (Å²) in [6.07, 6.45) is 3.59. The maximum absolute atomic E-state index is 11.9. The van der Waals surface area contributed by atoms with Crippen LogP contribution in [0.4, 0.5) is 0 Å². The van der Waals surface area contributed by atoms with Gasteiger partial charge in [0.25, 0.3) is 0 Å². The van der Waals surface area contributed by atoms with Gasteiger partial charge in [0.15, 0.2) is 6.73 Å². The van der Waals surface area contributed by atoms with Crippen molar-refractivity contribution in [2.75, 3.05) is 0 Å². The van der Waals surface area contributed by atoms with E-state index in [1.807, 2.05) is 37.6 Å². The zero-order chi connectivity index (χ0) is 16.3. The summed E-state index contributed by atoms with van der Waals surface area (Å²) in [6, 6.07) is 8.38. The first-order chi connectivity index (χ1) is 10.3. The van der Waals surface area contributed by atoms with E-state index in [-0.39, 0.29) is 18.6 Å². The van der Waals surface area contributed by atoms with Crippen LogP contribution >= 0.6 is 0 Å². The Morgan fingerprint density at radius 2 is 2.09 bits per heavy atom. The molecule has 0 bridgehead atoms. The molecule has 0 saturated heterocycles. The van der Waals surface area contributed by atoms with Crippen LogP contribution in [-0.2, 0) is 16.3 Å². The van der Waals surface area contributed by atoms with Crippen LogP contribution in [0.15, 0.2) is 36.7 Å². The lowest BCUT2D eigenvalue weighted by Crippen LogP contribution is -2.24. The third kappa shape index (κ3) is 3.75. The quantitative estimate of drug-likeness (QED) is 0.805. The Kier molecular flexibility index (Phi) is 4.69. The van der Waals surface area contributed by atoms with Crippen molar-refractivity contribution in [3.05, 3.63) is 53.6 Å². The maximum atomic E-state index is 11.9. The van der Waals surface area contributed by atoms with Gasteiger partial charge in [-0.3, -0.25) is 4.79 Å². The largest absolute Gasteiger partial charge is 0.443 e. The Hall–Kier alpha value is -2.10. The Labute approximate surface area is 132 Å². The normalized spacial score (nSPS) is 13.0. The highest BCUT2D eigenvalue weighted by atomic mass is 16.5. The second kappa shape index (κ2) is 6.34. The number of aromatic nitrogens is 2. The molecule has 1 aromatic carbocycles. The number of ether oxygens (including phenoxy) is 1. The molecule has 0 saturated carbocycles. The van der Waals surface area contributed by atoms with E-state index in [0.29, 0.717) is 0 Å². The monoisotopic (exact) mass is 300 g/mol. The minimum absolute atomic E-state index is 0.142. The summed E-state index contributed by atoms with van der Waals surface area (Å²) < 4.78 is 7.27. The zero-order valence-electron chi connectivity index (χ0n) is 14.0. The highest BCUT2D eigenvalue weighted by Crippen LogP contribution is 2.24. The molecule has 0 spiro atoms. The van der Waals surface area contributed by atoms with E-state index in [2.05, 4.69) is 37.0 Å². The van der Waals surface area contributed by atoms with E-state index in [0.717, 1.165) is 5.82 Å². The van der Waals surface area contributed by atoms with Crippen LogP contribution in [0.1, 0.15) is 50.6 Å². The van der Waals surface area contributed by atoms with E-state index in [1.165, 1.54) is 11.1 Å². The number of hydrogen-bond acceptors (Lipinski definition) is 3. The van der Waals surface area contributed by atoms with Gasteiger partial charge in [0, 0.05) is 18.3 Å². The predicted molar refractivity (Wildman–Crippen MR) is 86.5 cm³/mol. The van der Waals surface area contributed by atoms with Gasteiger partial charge in [0.1, 0.15) is 5.82 Å². The maximum Gasteiger partial charge on any atom is 0.312 e. The molecule has 1 heterocycles. The van der Waals surface area contributed by atoms with E-state index in [9.17, 15) is 4.79 Å². The molecule has 0 fully saturated rings. The third-order valence-corrected chi connectivity index (χ3v) is 3.62. The Morgan fingerprint density at radius 3 is 2.73 bits per heavy atom. The van der Waals surface area contributed by atoms with Crippen LogP contribution in [0.3, 0.4) is 0 Å². The lowest BCUT2D eigenvalue weighted by molar-refractivity contribution is -0.157.